The number of nitrogens with two attached hydrogens (primary N) is 1. The van der Waals surface area contributed by atoms with E-state index >= 15 is 0 Å². The molecule has 31 heavy (non-hydrogen) atoms. The number of likely N-dealkylation sites (tertiary alicyclic amines) is 1. The Morgan fingerprint density at radius 2 is 1.94 bits per heavy atom. The molecule has 2 N–H and O–H groups in total. The average Bonchev–Trinajstić information content (AvgIpc) is 3.06. The van der Waals surface area contributed by atoms with Crippen molar-refractivity contribution in [1.29, 1.82) is 0 Å². The number of primary amides is 1. The molecule has 4 rings (SSSR count). The van der Waals surface area contributed by atoms with E-state index in [1.165, 1.54) is 0 Å². The number of hydrogen-bond acceptors (Lipinski definition) is 6. The summed E-state index contributed by atoms with van der Waals surface area (Å²) in [5.41, 5.74) is 9.14. The number of rotatable bonds is 3. The summed E-state index contributed by atoms with van der Waals surface area (Å²) in [6, 6.07) is 0. The zero-order valence-electron chi connectivity index (χ0n) is 18.6. The van der Waals surface area contributed by atoms with Crippen molar-refractivity contribution in [1.82, 2.24) is 24.6 Å². The van der Waals surface area contributed by atoms with Gasteiger partial charge in [-0.25, -0.2) is 14.8 Å². The van der Waals surface area contributed by atoms with Crippen molar-refractivity contribution >= 4 is 12.0 Å². The number of amides is 2. The first-order valence-electron chi connectivity index (χ1n) is 10.8. The van der Waals surface area contributed by atoms with Crippen LogP contribution >= 0.6 is 0 Å². The molecule has 166 valence electrons. The van der Waals surface area contributed by atoms with Crippen molar-refractivity contribution in [3.63, 3.8) is 0 Å². The molecule has 2 aliphatic rings. The topological polar surface area (TPSA) is 116 Å². The lowest BCUT2D eigenvalue weighted by molar-refractivity contribution is 0.0177. The second-order valence-corrected chi connectivity index (χ2v) is 9.42. The molecule has 1 aliphatic carbocycles. The van der Waals surface area contributed by atoms with Crippen molar-refractivity contribution in [3.8, 4) is 11.4 Å². The van der Waals surface area contributed by atoms with Crippen LogP contribution in [0, 0.1) is 12.8 Å². The van der Waals surface area contributed by atoms with E-state index in [1.54, 1.807) is 4.90 Å². The van der Waals surface area contributed by atoms with E-state index in [0.29, 0.717) is 43.5 Å². The third-order valence-corrected chi connectivity index (χ3v) is 5.83. The molecule has 1 saturated heterocycles. The lowest BCUT2D eigenvalue weighted by Gasteiger charge is -2.33. The van der Waals surface area contributed by atoms with Crippen LogP contribution in [0.25, 0.3) is 11.4 Å². The van der Waals surface area contributed by atoms with Gasteiger partial charge < -0.3 is 15.4 Å². The van der Waals surface area contributed by atoms with Gasteiger partial charge in [0, 0.05) is 31.4 Å². The van der Waals surface area contributed by atoms with E-state index in [4.69, 9.17) is 10.5 Å². The Kier molecular flexibility index (Phi) is 5.45. The van der Waals surface area contributed by atoms with E-state index in [2.05, 4.69) is 15.1 Å². The monoisotopic (exact) mass is 426 g/mol. The summed E-state index contributed by atoms with van der Waals surface area (Å²) in [4.78, 5) is 35.1. The number of carbonyl (C=O) groups excluding carboxylic acids is 2. The highest BCUT2D eigenvalue weighted by Gasteiger charge is 2.31. The van der Waals surface area contributed by atoms with E-state index in [1.807, 2.05) is 38.6 Å². The van der Waals surface area contributed by atoms with Crippen LogP contribution in [-0.2, 0) is 24.1 Å². The van der Waals surface area contributed by atoms with Crippen molar-refractivity contribution in [2.75, 3.05) is 13.1 Å². The summed E-state index contributed by atoms with van der Waals surface area (Å²) in [5, 5.41) is 4.59. The zero-order valence-corrected chi connectivity index (χ0v) is 18.6. The zero-order chi connectivity index (χ0) is 22.3. The van der Waals surface area contributed by atoms with Gasteiger partial charge in [-0.1, -0.05) is 0 Å². The summed E-state index contributed by atoms with van der Waals surface area (Å²) < 4.78 is 7.39. The van der Waals surface area contributed by atoms with E-state index in [0.717, 1.165) is 41.8 Å². The predicted molar refractivity (Wildman–Crippen MR) is 114 cm³/mol. The highest BCUT2D eigenvalue weighted by Crippen LogP contribution is 2.35. The van der Waals surface area contributed by atoms with Gasteiger partial charge in [-0.15, -0.1) is 0 Å². The molecule has 2 aromatic rings. The van der Waals surface area contributed by atoms with Gasteiger partial charge in [0.05, 0.1) is 11.4 Å². The predicted octanol–water partition coefficient (Wildman–Crippen LogP) is 2.49. The minimum Gasteiger partial charge on any atom is -0.444 e. The van der Waals surface area contributed by atoms with Gasteiger partial charge in [-0.2, -0.15) is 5.10 Å². The largest absolute Gasteiger partial charge is 0.444 e. The van der Waals surface area contributed by atoms with Gasteiger partial charge >= 0.3 is 6.09 Å². The summed E-state index contributed by atoms with van der Waals surface area (Å²) in [6.07, 6.45) is 4.75. The van der Waals surface area contributed by atoms with E-state index < -0.39 is 11.5 Å². The highest BCUT2D eigenvalue weighted by atomic mass is 16.6. The SMILES string of the molecule is Cc1ncc2c(n1)-c1c(c(C(N)=O)nn1CC1CCN(C(=O)OC(C)(C)C)CC1)CC2. The molecular formula is C22H30N6O3. The van der Waals surface area contributed by atoms with Crippen molar-refractivity contribution in [2.24, 2.45) is 11.7 Å². The van der Waals surface area contributed by atoms with Gasteiger partial charge in [0.25, 0.3) is 5.91 Å². The number of aromatic nitrogens is 4. The Balaban J connectivity index is 1.54. The fraction of sp³-hybridized carbons (Fsp3) is 0.591. The average molecular weight is 427 g/mol. The lowest BCUT2D eigenvalue weighted by Crippen LogP contribution is -2.42. The Morgan fingerprint density at radius 1 is 1.23 bits per heavy atom. The molecule has 0 bridgehead atoms. The molecule has 0 saturated carbocycles. The normalized spacial score (nSPS) is 16.6. The maximum atomic E-state index is 12.3. The van der Waals surface area contributed by atoms with Gasteiger partial charge in [-0.05, 0) is 64.9 Å². The number of carbonyl (C=O) groups is 2. The molecule has 0 radical (unpaired) electrons. The number of fused-ring (bicyclic) bond motifs is 3. The van der Waals surface area contributed by atoms with Crippen LogP contribution in [0.4, 0.5) is 4.79 Å². The van der Waals surface area contributed by atoms with Crippen LogP contribution < -0.4 is 5.73 Å². The maximum absolute atomic E-state index is 12.3. The van der Waals surface area contributed by atoms with Gasteiger partial charge in [-0.3, -0.25) is 9.48 Å². The maximum Gasteiger partial charge on any atom is 0.410 e. The minimum atomic E-state index is -0.510. The summed E-state index contributed by atoms with van der Waals surface area (Å²) in [6.45, 7) is 9.41. The molecule has 0 atom stereocenters. The van der Waals surface area contributed by atoms with E-state index in [9.17, 15) is 9.59 Å². The Morgan fingerprint density at radius 3 is 2.58 bits per heavy atom. The van der Waals surface area contributed by atoms with Crippen LogP contribution in [0.3, 0.4) is 0 Å². The Hall–Kier alpha value is -2.97. The van der Waals surface area contributed by atoms with Crippen LogP contribution in [0.5, 0.6) is 0 Å². The third-order valence-electron chi connectivity index (χ3n) is 5.83. The molecule has 1 aliphatic heterocycles. The molecular weight excluding hydrogens is 396 g/mol. The van der Waals surface area contributed by atoms with Crippen molar-refractivity contribution < 1.29 is 14.3 Å². The quantitative estimate of drug-likeness (QED) is 0.806. The van der Waals surface area contributed by atoms with Crippen LogP contribution in [0.1, 0.15) is 61.1 Å². The van der Waals surface area contributed by atoms with Crippen molar-refractivity contribution in [2.45, 2.75) is 65.5 Å². The minimum absolute atomic E-state index is 0.264. The van der Waals surface area contributed by atoms with Crippen LogP contribution in [0.15, 0.2) is 6.20 Å². The summed E-state index contributed by atoms with van der Waals surface area (Å²) in [5.74, 6) is 0.506. The summed E-state index contributed by atoms with van der Waals surface area (Å²) >= 11 is 0. The second-order valence-electron chi connectivity index (χ2n) is 9.42. The molecule has 3 heterocycles. The lowest BCUT2D eigenvalue weighted by atomic mass is 9.92. The third kappa shape index (κ3) is 4.40. The fourth-order valence-corrected chi connectivity index (χ4v) is 4.34. The number of nitrogens with zero attached hydrogens (tertiary/aromatic N) is 5. The second kappa shape index (κ2) is 7.94. The van der Waals surface area contributed by atoms with Crippen molar-refractivity contribution in [3.05, 3.63) is 28.8 Å². The molecule has 0 unspecified atom stereocenters. The van der Waals surface area contributed by atoms with Crippen LogP contribution in [-0.4, -0.2) is 55.3 Å². The number of piperidine rings is 1. The molecule has 0 spiro atoms. The van der Waals surface area contributed by atoms with Gasteiger partial charge in [0.15, 0.2) is 5.69 Å². The standard InChI is InChI=1S/C22H30N6O3/c1-13-24-11-15-5-6-16-18(20(23)29)26-28(19(16)17(15)25-13)12-14-7-9-27(10-8-14)21(30)31-22(2,3)4/h11,14H,5-10,12H2,1-4H3,(H2,23,29). The molecule has 0 aromatic carbocycles. The first-order valence-corrected chi connectivity index (χ1v) is 10.8. The smallest absolute Gasteiger partial charge is 0.410 e. The number of ether oxygens (including phenoxy) is 1. The number of aryl methyl sites for hydroxylation is 2. The van der Waals surface area contributed by atoms with Gasteiger partial charge in [0.1, 0.15) is 11.4 Å². The van der Waals surface area contributed by atoms with Gasteiger partial charge in [0.2, 0.25) is 0 Å². The Labute approximate surface area is 182 Å². The van der Waals surface area contributed by atoms with E-state index in [-0.39, 0.29) is 6.09 Å². The first-order chi connectivity index (χ1) is 14.6. The first kappa shape index (κ1) is 21.3. The number of hydrogen-bond donors (Lipinski definition) is 1. The molecule has 2 aromatic heterocycles. The van der Waals surface area contributed by atoms with Crippen LogP contribution in [0.2, 0.25) is 0 Å². The molecule has 9 heteroatoms. The molecule has 1 fully saturated rings. The molecule has 9 nitrogen and oxygen atoms in total. The fourth-order valence-electron chi connectivity index (χ4n) is 4.34. The molecule has 2 amide bonds. The highest BCUT2D eigenvalue weighted by molar-refractivity contribution is 5.94. The Bertz CT molecular complexity index is 1010. The summed E-state index contributed by atoms with van der Waals surface area (Å²) in [7, 11) is 0.